The zero-order valence-corrected chi connectivity index (χ0v) is 20.0. The van der Waals surface area contributed by atoms with Gasteiger partial charge in [0, 0.05) is 19.0 Å². The average Bonchev–Trinajstić information content (AvgIpc) is 2.73. The molecule has 8 heteroatoms. The number of carbonyl (C=O) groups excluding carboxylic acids is 4. The molecule has 3 amide bonds. The maximum atomic E-state index is 12.5. The first-order valence-corrected chi connectivity index (χ1v) is 11.4. The maximum Gasteiger partial charge on any atom is 0.243 e. The molecule has 0 spiro atoms. The predicted molar refractivity (Wildman–Crippen MR) is 123 cm³/mol. The molecule has 3 atom stereocenters. The number of hydrogen-bond acceptors (Lipinski definition) is 5. The number of Topliss-reactive ketones (excluding diaryl/α,β-unsaturated/α-hetero) is 1. The van der Waals surface area contributed by atoms with Crippen LogP contribution in [-0.2, 0) is 19.2 Å². The van der Waals surface area contributed by atoms with Crippen molar-refractivity contribution in [2.75, 3.05) is 13.1 Å². The predicted octanol–water partition coefficient (Wildman–Crippen LogP) is 1.84. The summed E-state index contributed by atoms with van der Waals surface area (Å²) in [4.78, 5) is 48.5. The number of carbonyl (C=O) groups is 4. The Morgan fingerprint density at radius 2 is 1.65 bits per heavy atom. The molecule has 0 aromatic heterocycles. The van der Waals surface area contributed by atoms with Gasteiger partial charge in [-0.25, -0.2) is 0 Å². The lowest BCUT2D eigenvalue weighted by Gasteiger charge is -2.25. The van der Waals surface area contributed by atoms with Gasteiger partial charge in [-0.1, -0.05) is 47.1 Å². The molecule has 0 aromatic rings. The van der Waals surface area contributed by atoms with E-state index in [0.717, 1.165) is 6.42 Å². The quantitative estimate of drug-likeness (QED) is 0.217. The van der Waals surface area contributed by atoms with Crippen LogP contribution in [0.1, 0.15) is 73.6 Å². The van der Waals surface area contributed by atoms with E-state index in [0.29, 0.717) is 32.2 Å². The van der Waals surface area contributed by atoms with E-state index in [2.05, 4.69) is 21.3 Å². The molecule has 0 bridgehead atoms. The molecular formula is C23H42N4O4. The third kappa shape index (κ3) is 12.9. The summed E-state index contributed by atoms with van der Waals surface area (Å²) in [5.74, 6) is -0.650. The van der Waals surface area contributed by atoms with Crippen LogP contribution in [0.2, 0.25) is 0 Å². The first kappa shape index (κ1) is 28.8. The zero-order valence-electron chi connectivity index (χ0n) is 20.0. The van der Waals surface area contributed by atoms with E-state index < -0.39 is 6.04 Å². The van der Waals surface area contributed by atoms with E-state index in [1.165, 1.54) is 6.08 Å². The number of rotatable bonds is 16. The lowest BCUT2D eigenvalue weighted by molar-refractivity contribution is -0.130. The van der Waals surface area contributed by atoms with Crippen LogP contribution in [0.25, 0.3) is 0 Å². The highest BCUT2D eigenvalue weighted by molar-refractivity contribution is 5.91. The van der Waals surface area contributed by atoms with Gasteiger partial charge in [0.1, 0.15) is 0 Å². The minimum absolute atomic E-state index is 0.0448. The van der Waals surface area contributed by atoms with Gasteiger partial charge in [0.15, 0.2) is 5.78 Å². The molecule has 0 aliphatic carbocycles. The largest absolute Gasteiger partial charge is 0.353 e. The Labute approximate surface area is 187 Å². The topological polar surface area (TPSA) is 116 Å². The number of unbranched alkanes of at least 4 members (excludes halogenated alkanes) is 1. The molecule has 1 unspecified atom stereocenters. The molecule has 4 N–H and O–H groups in total. The van der Waals surface area contributed by atoms with Crippen LogP contribution in [0.4, 0.5) is 0 Å². The van der Waals surface area contributed by atoms with Crippen LogP contribution < -0.4 is 21.3 Å². The van der Waals surface area contributed by atoms with Crippen molar-refractivity contribution in [3.8, 4) is 0 Å². The summed E-state index contributed by atoms with van der Waals surface area (Å²) in [5, 5.41) is 11.4. The molecule has 31 heavy (non-hydrogen) atoms. The minimum atomic E-state index is -0.584. The van der Waals surface area contributed by atoms with E-state index in [9.17, 15) is 19.2 Å². The smallest absolute Gasteiger partial charge is 0.243 e. The first-order valence-electron chi connectivity index (χ1n) is 11.4. The third-order valence-corrected chi connectivity index (χ3v) is 5.04. The molecule has 0 aliphatic heterocycles. The van der Waals surface area contributed by atoms with Gasteiger partial charge in [-0.2, -0.15) is 0 Å². The van der Waals surface area contributed by atoms with Gasteiger partial charge in [-0.15, -0.1) is 0 Å². The van der Waals surface area contributed by atoms with Crippen LogP contribution in [0, 0.1) is 5.92 Å². The minimum Gasteiger partial charge on any atom is -0.353 e. The Morgan fingerprint density at radius 3 is 2.19 bits per heavy atom. The van der Waals surface area contributed by atoms with Crippen molar-refractivity contribution < 1.29 is 19.2 Å². The van der Waals surface area contributed by atoms with Crippen molar-refractivity contribution >= 4 is 23.5 Å². The Balaban J connectivity index is 4.58. The van der Waals surface area contributed by atoms with E-state index in [-0.39, 0.29) is 48.1 Å². The Morgan fingerprint density at radius 1 is 0.968 bits per heavy atom. The summed E-state index contributed by atoms with van der Waals surface area (Å²) in [6.07, 6.45) is 6.19. The molecule has 0 heterocycles. The summed E-state index contributed by atoms with van der Waals surface area (Å²) in [6, 6.07) is -0.809. The molecule has 0 radical (unpaired) electrons. The second kappa shape index (κ2) is 16.5. The highest BCUT2D eigenvalue weighted by Crippen LogP contribution is 2.09. The highest BCUT2D eigenvalue weighted by atomic mass is 16.2. The SMILES string of the molecule is C/C=C/C(=O)NCCCC[C@H](NC(=O)CNC(=O)[C@@H](NC(C)C)C(C)CC)C(=O)CC. The zero-order chi connectivity index (χ0) is 23.8. The molecule has 0 rings (SSSR count). The van der Waals surface area contributed by atoms with E-state index in [4.69, 9.17) is 0 Å². The average molecular weight is 439 g/mol. The molecule has 178 valence electrons. The normalized spacial score (nSPS) is 14.2. The van der Waals surface area contributed by atoms with Gasteiger partial charge in [0.2, 0.25) is 17.7 Å². The number of nitrogens with one attached hydrogen (secondary N) is 4. The molecule has 8 nitrogen and oxygen atoms in total. The summed E-state index contributed by atoms with van der Waals surface area (Å²) >= 11 is 0. The number of ketones is 1. The standard InChI is InChI=1S/C23H42N4O4/c1-7-12-20(29)24-14-11-10-13-18(19(28)9-3)27-21(30)15-25-23(31)22(17(6)8-2)26-16(4)5/h7,12,16-18,22,26H,8-11,13-15H2,1-6H3,(H,24,29)(H,25,31)(H,27,30)/b12-7+/t17?,18-,22-/m0/s1. The second-order valence-corrected chi connectivity index (χ2v) is 8.13. The summed E-state index contributed by atoms with van der Waals surface area (Å²) in [5.41, 5.74) is 0. The van der Waals surface area contributed by atoms with E-state index in [1.54, 1.807) is 19.9 Å². The van der Waals surface area contributed by atoms with Crippen molar-refractivity contribution in [3.05, 3.63) is 12.2 Å². The fourth-order valence-electron chi connectivity index (χ4n) is 3.07. The molecule has 0 aliphatic rings. The lowest BCUT2D eigenvalue weighted by Crippen LogP contribution is -2.53. The van der Waals surface area contributed by atoms with Gasteiger partial charge in [-0.05, 0) is 38.2 Å². The van der Waals surface area contributed by atoms with Gasteiger partial charge in [-0.3, -0.25) is 19.2 Å². The van der Waals surface area contributed by atoms with Crippen LogP contribution in [0.3, 0.4) is 0 Å². The Bertz CT molecular complexity index is 604. The number of allylic oxidation sites excluding steroid dienone is 1. The van der Waals surface area contributed by atoms with Gasteiger partial charge < -0.3 is 21.3 Å². The Hall–Kier alpha value is -2.22. The molecule has 0 aromatic carbocycles. The van der Waals surface area contributed by atoms with E-state index in [1.807, 2.05) is 27.7 Å². The van der Waals surface area contributed by atoms with Gasteiger partial charge in [0.25, 0.3) is 0 Å². The molecule has 0 saturated heterocycles. The van der Waals surface area contributed by atoms with Crippen LogP contribution in [0.15, 0.2) is 12.2 Å². The van der Waals surface area contributed by atoms with Gasteiger partial charge >= 0.3 is 0 Å². The fraction of sp³-hybridized carbons (Fsp3) is 0.739. The van der Waals surface area contributed by atoms with Crippen molar-refractivity contribution in [1.29, 1.82) is 0 Å². The molecule has 0 saturated carbocycles. The van der Waals surface area contributed by atoms with Gasteiger partial charge in [0.05, 0.1) is 18.6 Å². The van der Waals surface area contributed by atoms with E-state index >= 15 is 0 Å². The second-order valence-electron chi connectivity index (χ2n) is 8.13. The third-order valence-electron chi connectivity index (χ3n) is 5.04. The van der Waals surface area contributed by atoms with Crippen molar-refractivity contribution in [2.24, 2.45) is 5.92 Å². The van der Waals surface area contributed by atoms with Crippen molar-refractivity contribution in [2.45, 2.75) is 91.8 Å². The van der Waals surface area contributed by atoms with Crippen LogP contribution >= 0.6 is 0 Å². The van der Waals surface area contributed by atoms with Crippen LogP contribution in [0.5, 0.6) is 0 Å². The van der Waals surface area contributed by atoms with Crippen molar-refractivity contribution in [1.82, 2.24) is 21.3 Å². The summed E-state index contributed by atoms with van der Waals surface area (Å²) in [6.45, 7) is 11.8. The monoisotopic (exact) mass is 438 g/mol. The van der Waals surface area contributed by atoms with Crippen LogP contribution in [-0.4, -0.2) is 54.7 Å². The lowest BCUT2D eigenvalue weighted by atomic mass is 9.97. The highest BCUT2D eigenvalue weighted by Gasteiger charge is 2.25. The first-order chi connectivity index (χ1) is 14.7. The van der Waals surface area contributed by atoms with Crippen molar-refractivity contribution in [3.63, 3.8) is 0 Å². The summed E-state index contributed by atoms with van der Waals surface area (Å²) in [7, 11) is 0. The molecule has 0 fully saturated rings. The maximum absolute atomic E-state index is 12.5. The summed E-state index contributed by atoms with van der Waals surface area (Å²) < 4.78 is 0. The number of amides is 3. The Kier molecular flexibility index (Phi) is 15.3. The fourth-order valence-corrected chi connectivity index (χ4v) is 3.07. The number of hydrogen-bond donors (Lipinski definition) is 4. The molecular weight excluding hydrogens is 396 g/mol.